The van der Waals surface area contributed by atoms with Gasteiger partial charge in [0.15, 0.2) is 17.3 Å². The van der Waals surface area contributed by atoms with Gasteiger partial charge in [0.05, 0.1) is 19.3 Å². The van der Waals surface area contributed by atoms with Crippen LogP contribution in [-0.2, 0) is 25.7 Å². The van der Waals surface area contributed by atoms with Gasteiger partial charge in [-0.15, -0.1) is 0 Å². The molecule has 1 N–H and O–H groups in total. The number of esters is 1. The molecule has 1 heterocycles. The van der Waals surface area contributed by atoms with Crippen molar-refractivity contribution in [2.75, 3.05) is 26.9 Å². The predicted molar refractivity (Wildman–Crippen MR) is 136 cm³/mol. The van der Waals surface area contributed by atoms with E-state index in [1.54, 1.807) is 7.11 Å². The van der Waals surface area contributed by atoms with Gasteiger partial charge in [-0.3, -0.25) is 4.79 Å². The van der Waals surface area contributed by atoms with Gasteiger partial charge in [-0.25, -0.2) is 4.79 Å². The quantitative estimate of drug-likeness (QED) is 0.377. The highest BCUT2D eigenvalue weighted by atomic mass is 16.6. The van der Waals surface area contributed by atoms with E-state index < -0.39 is 11.9 Å². The summed E-state index contributed by atoms with van der Waals surface area (Å²) in [6.07, 6.45) is 2.00. The first kappa shape index (κ1) is 25.5. The maximum absolute atomic E-state index is 13.3. The number of carbonyl (C=O) groups excluding carboxylic acids is 2. The Morgan fingerprint density at radius 2 is 1.86 bits per heavy atom. The number of allylic oxidation sites excluding steroid dienone is 3. The maximum atomic E-state index is 13.3. The first-order chi connectivity index (χ1) is 17.5. The number of rotatable bonds is 10. The van der Waals surface area contributed by atoms with Gasteiger partial charge in [0.1, 0.15) is 13.2 Å². The van der Waals surface area contributed by atoms with E-state index in [0.717, 1.165) is 29.7 Å². The van der Waals surface area contributed by atoms with Crippen molar-refractivity contribution in [1.82, 2.24) is 5.32 Å². The lowest BCUT2D eigenvalue weighted by Crippen LogP contribution is -2.34. The minimum atomic E-state index is -0.550. The summed E-state index contributed by atoms with van der Waals surface area (Å²) in [6, 6.07) is 15.5. The van der Waals surface area contributed by atoms with E-state index in [0.29, 0.717) is 54.6 Å². The zero-order chi connectivity index (χ0) is 25.5. The Morgan fingerprint density at radius 1 is 1.06 bits per heavy atom. The molecule has 0 amide bonds. The topological polar surface area (TPSA) is 83.1 Å². The summed E-state index contributed by atoms with van der Waals surface area (Å²) in [6.45, 7) is 5.15. The molecule has 0 saturated carbocycles. The van der Waals surface area contributed by atoms with E-state index in [-0.39, 0.29) is 12.4 Å². The second kappa shape index (κ2) is 11.9. The van der Waals surface area contributed by atoms with E-state index in [2.05, 4.69) is 5.32 Å². The molecular weight excluding hydrogens is 458 g/mol. The zero-order valence-corrected chi connectivity index (χ0v) is 21.1. The summed E-state index contributed by atoms with van der Waals surface area (Å²) in [5, 5.41) is 3.31. The zero-order valence-electron chi connectivity index (χ0n) is 21.1. The van der Waals surface area contributed by atoms with Crippen molar-refractivity contribution in [2.24, 2.45) is 0 Å². The number of ether oxygens (including phenoxy) is 4. The Labute approximate surface area is 212 Å². The van der Waals surface area contributed by atoms with E-state index in [1.807, 2.05) is 62.4 Å². The number of hydrogen-bond acceptors (Lipinski definition) is 7. The highest BCUT2D eigenvalue weighted by molar-refractivity contribution is 6.03. The summed E-state index contributed by atoms with van der Waals surface area (Å²) in [5.41, 5.74) is 4.45. The second-order valence-electron chi connectivity index (χ2n) is 8.78. The standard InChI is InChI=1S/C29H33NO6/c1-4-34-15-16-35-29(32)26-19(2)30-22-11-8-12-23(31)28(22)27(26)21-13-14-24(25(17-21)33-3)36-18-20-9-6-5-7-10-20/h5-7,9-10,13-14,17,27,30H,4,8,11-12,15-16,18H2,1-3H3/t27-/m0/s1. The molecule has 1 aliphatic carbocycles. The molecule has 7 nitrogen and oxygen atoms in total. The van der Waals surface area contributed by atoms with Gasteiger partial charge in [-0.2, -0.15) is 0 Å². The minimum absolute atomic E-state index is 0.0456. The van der Waals surface area contributed by atoms with Gasteiger partial charge in [-0.1, -0.05) is 36.4 Å². The smallest absolute Gasteiger partial charge is 0.336 e. The fourth-order valence-corrected chi connectivity index (χ4v) is 4.72. The SMILES string of the molecule is CCOCCOC(=O)C1=C(C)NC2=C(C(=O)CCC2)[C@H]1c1ccc(OCc2ccccc2)c(OC)c1. The lowest BCUT2D eigenvalue weighted by atomic mass is 9.75. The monoisotopic (exact) mass is 491 g/mol. The summed E-state index contributed by atoms with van der Waals surface area (Å²) in [4.78, 5) is 26.4. The molecule has 0 bridgehead atoms. The third-order valence-electron chi connectivity index (χ3n) is 6.42. The van der Waals surface area contributed by atoms with Crippen LogP contribution < -0.4 is 14.8 Å². The lowest BCUT2D eigenvalue weighted by molar-refractivity contribution is -0.140. The number of benzene rings is 2. The van der Waals surface area contributed by atoms with Gasteiger partial charge < -0.3 is 24.3 Å². The Bertz CT molecular complexity index is 1170. The molecule has 190 valence electrons. The summed E-state index contributed by atoms with van der Waals surface area (Å²) in [7, 11) is 1.58. The molecule has 1 atom stereocenters. The van der Waals surface area contributed by atoms with E-state index >= 15 is 0 Å². The summed E-state index contributed by atoms with van der Waals surface area (Å²) < 4.78 is 22.5. The third kappa shape index (κ3) is 5.62. The molecule has 36 heavy (non-hydrogen) atoms. The molecule has 0 aromatic heterocycles. The van der Waals surface area contributed by atoms with Gasteiger partial charge in [-0.05, 0) is 49.9 Å². The number of nitrogens with one attached hydrogen (secondary N) is 1. The van der Waals surface area contributed by atoms with Gasteiger partial charge >= 0.3 is 5.97 Å². The van der Waals surface area contributed by atoms with Crippen molar-refractivity contribution in [1.29, 1.82) is 0 Å². The molecule has 4 rings (SSSR count). The van der Waals surface area contributed by atoms with Crippen LogP contribution >= 0.6 is 0 Å². The van der Waals surface area contributed by atoms with Crippen LogP contribution in [0.4, 0.5) is 0 Å². The third-order valence-corrected chi connectivity index (χ3v) is 6.42. The van der Waals surface area contributed by atoms with Crippen LogP contribution in [0.15, 0.2) is 71.1 Å². The molecule has 0 fully saturated rings. The van der Waals surface area contributed by atoms with Crippen LogP contribution in [0.5, 0.6) is 11.5 Å². The highest BCUT2D eigenvalue weighted by Gasteiger charge is 2.39. The fraction of sp³-hybridized carbons (Fsp3) is 0.379. The van der Waals surface area contributed by atoms with Crippen molar-refractivity contribution in [2.45, 2.75) is 45.6 Å². The van der Waals surface area contributed by atoms with E-state index in [4.69, 9.17) is 18.9 Å². The molecule has 2 aromatic rings. The van der Waals surface area contributed by atoms with Crippen LogP contribution in [0.3, 0.4) is 0 Å². The normalized spacial score (nSPS) is 17.4. The van der Waals surface area contributed by atoms with Crippen LogP contribution in [0.25, 0.3) is 0 Å². The van der Waals surface area contributed by atoms with Crippen molar-refractivity contribution >= 4 is 11.8 Å². The number of Topliss-reactive ketones (excluding diaryl/α,β-unsaturated/α-hetero) is 1. The van der Waals surface area contributed by atoms with E-state index in [1.165, 1.54) is 0 Å². The largest absolute Gasteiger partial charge is 0.493 e. The number of ketones is 1. The van der Waals surface area contributed by atoms with Crippen molar-refractivity contribution in [3.63, 3.8) is 0 Å². The van der Waals surface area contributed by atoms with Gasteiger partial charge in [0, 0.05) is 35.9 Å². The van der Waals surface area contributed by atoms with Crippen molar-refractivity contribution in [3.05, 3.63) is 82.2 Å². The average molecular weight is 492 g/mol. The first-order valence-corrected chi connectivity index (χ1v) is 12.4. The predicted octanol–water partition coefficient (Wildman–Crippen LogP) is 4.82. The fourth-order valence-electron chi connectivity index (χ4n) is 4.72. The van der Waals surface area contributed by atoms with E-state index in [9.17, 15) is 9.59 Å². The molecule has 7 heteroatoms. The number of methoxy groups -OCH3 is 1. The maximum Gasteiger partial charge on any atom is 0.336 e. The molecule has 2 aromatic carbocycles. The van der Waals surface area contributed by atoms with Crippen LogP contribution in [0.1, 0.15) is 50.2 Å². The van der Waals surface area contributed by atoms with Crippen LogP contribution in [0.2, 0.25) is 0 Å². The van der Waals surface area contributed by atoms with Crippen LogP contribution in [0, 0.1) is 0 Å². The van der Waals surface area contributed by atoms with Gasteiger partial charge in [0.25, 0.3) is 0 Å². The van der Waals surface area contributed by atoms with Crippen molar-refractivity contribution < 1.29 is 28.5 Å². The number of hydrogen-bond donors (Lipinski definition) is 1. The second-order valence-corrected chi connectivity index (χ2v) is 8.78. The Morgan fingerprint density at radius 3 is 2.61 bits per heavy atom. The molecule has 2 aliphatic rings. The Kier molecular flexibility index (Phi) is 8.44. The molecule has 0 saturated heterocycles. The van der Waals surface area contributed by atoms with Gasteiger partial charge in [0.2, 0.25) is 0 Å². The highest BCUT2D eigenvalue weighted by Crippen LogP contribution is 2.44. The Balaban J connectivity index is 1.67. The molecular formula is C29H33NO6. The molecule has 0 unspecified atom stereocenters. The summed E-state index contributed by atoms with van der Waals surface area (Å²) in [5.74, 6) is 0.159. The van der Waals surface area contributed by atoms with Crippen molar-refractivity contribution in [3.8, 4) is 11.5 Å². The average Bonchev–Trinajstić information content (AvgIpc) is 2.89. The summed E-state index contributed by atoms with van der Waals surface area (Å²) >= 11 is 0. The lowest BCUT2D eigenvalue weighted by Gasteiger charge is -2.34. The molecule has 0 spiro atoms. The number of carbonyl (C=O) groups is 2. The first-order valence-electron chi connectivity index (χ1n) is 12.4. The van der Waals surface area contributed by atoms with Crippen LogP contribution in [-0.4, -0.2) is 38.7 Å². The molecule has 0 radical (unpaired) electrons. The Hall–Kier alpha value is -3.58. The molecule has 1 aliphatic heterocycles. The minimum Gasteiger partial charge on any atom is -0.493 e. The number of dihydropyridines is 1.